The molecule has 0 spiro atoms. The summed E-state index contributed by atoms with van der Waals surface area (Å²) in [4.78, 5) is 11.2. The Kier molecular flexibility index (Phi) is 1.75. The summed E-state index contributed by atoms with van der Waals surface area (Å²) in [6.45, 7) is 1.92. The lowest BCUT2D eigenvalue weighted by molar-refractivity contribution is -0.144. The molecular formula is C10H12O2. The summed E-state index contributed by atoms with van der Waals surface area (Å²) in [5.41, 5.74) is 1.31. The van der Waals surface area contributed by atoms with Gasteiger partial charge in [-0.15, -0.1) is 0 Å². The predicted molar refractivity (Wildman–Crippen MR) is 45.3 cm³/mol. The number of ether oxygens (including phenoxy) is 1. The Bertz CT molecular complexity index is 274. The second-order valence-corrected chi connectivity index (χ2v) is 3.44. The molecule has 0 bridgehead atoms. The molecule has 2 heteroatoms. The lowest BCUT2D eigenvalue weighted by Gasteiger charge is -2.24. The molecule has 2 nitrogen and oxygen atoms in total. The van der Waals surface area contributed by atoms with E-state index in [0.29, 0.717) is 0 Å². The number of esters is 1. The van der Waals surface area contributed by atoms with Gasteiger partial charge in [0.2, 0.25) is 0 Å². The molecule has 0 fully saturated rings. The molecule has 0 aromatic heterocycles. The Morgan fingerprint density at radius 3 is 3.25 bits per heavy atom. The zero-order chi connectivity index (χ0) is 8.55. The van der Waals surface area contributed by atoms with Crippen molar-refractivity contribution in [1.29, 1.82) is 0 Å². The maximum Gasteiger partial charge on any atom is 0.314 e. The quantitative estimate of drug-likeness (QED) is 0.513. The highest BCUT2D eigenvalue weighted by Crippen LogP contribution is 2.31. The summed E-state index contributed by atoms with van der Waals surface area (Å²) in [6, 6.07) is 0. The van der Waals surface area contributed by atoms with Gasteiger partial charge in [-0.05, 0) is 30.9 Å². The summed E-state index contributed by atoms with van der Waals surface area (Å²) in [7, 11) is 0. The third kappa shape index (κ3) is 1.17. The lowest BCUT2D eigenvalue weighted by Crippen LogP contribution is -2.21. The summed E-state index contributed by atoms with van der Waals surface area (Å²) >= 11 is 0. The molecule has 12 heavy (non-hydrogen) atoms. The van der Waals surface area contributed by atoms with Crippen molar-refractivity contribution in [3.05, 3.63) is 23.5 Å². The fraction of sp³-hybridized carbons (Fsp3) is 0.500. The topological polar surface area (TPSA) is 26.3 Å². The summed E-state index contributed by atoms with van der Waals surface area (Å²) in [6.07, 6.45) is 7.01. The van der Waals surface area contributed by atoms with Gasteiger partial charge in [-0.3, -0.25) is 4.79 Å². The van der Waals surface area contributed by atoms with Crippen LogP contribution < -0.4 is 0 Å². The van der Waals surface area contributed by atoms with Crippen molar-refractivity contribution in [3.63, 3.8) is 0 Å². The molecule has 1 unspecified atom stereocenters. The first-order valence-corrected chi connectivity index (χ1v) is 4.37. The van der Waals surface area contributed by atoms with Gasteiger partial charge in [0.15, 0.2) is 0 Å². The van der Waals surface area contributed by atoms with E-state index in [1.54, 1.807) is 0 Å². The van der Waals surface area contributed by atoms with E-state index in [4.69, 9.17) is 4.74 Å². The largest absolute Gasteiger partial charge is 0.426 e. The zero-order valence-electron chi connectivity index (χ0n) is 7.17. The summed E-state index contributed by atoms with van der Waals surface area (Å²) in [5.74, 6) is 0.778. The standard InChI is InChI=1S/C10H12O2/c1-7-6-8-4-2-3-5-9(8)12-10(7)11/h3,5,7H,2,4,6H2,1H3. The highest BCUT2D eigenvalue weighted by molar-refractivity contribution is 5.75. The van der Waals surface area contributed by atoms with Crippen LogP contribution in [0.2, 0.25) is 0 Å². The van der Waals surface area contributed by atoms with Crippen LogP contribution in [0.5, 0.6) is 0 Å². The molecule has 0 saturated carbocycles. The van der Waals surface area contributed by atoms with Gasteiger partial charge in [0.1, 0.15) is 5.76 Å². The van der Waals surface area contributed by atoms with Gasteiger partial charge >= 0.3 is 5.97 Å². The normalized spacial score (nSPS) is 28.4. The van der Waals surface area contributed by atoms with Gasteiger partial charge in [-0.25, -0.2) is 0 Å². The van der Waals surface area contributed by atoms with Crippen LogP contribution in [-0.2, 0) is 9.53 Å². The number of hydrogen-bond acceptors (Lipinski definition) is 2. The van der Waals surface area contributed by atoms with E-state index in [9.17, 15) is 4.79 Å². The highest BCUT2D eigenvalue weighted by Gasteiger charge is 2.26. The van der Waals surface area contributed by atoms with Crippen LogP contribution >= 0.6 is 0 Å². The van der Waals surface area contributed by atoms with E-state index in [1.165, 1.54) is 5.57 Å². The van der Waals surface area contributed by atoms with Crippen molar-refractivity contribution in [2.45, 2.75) is 26.2 Å². The van der Waals surface area contributed by atoms with Gasteiger partial charge in [-0.1, -0.05) is 13.0 Å². The minimum Gasteiger partial charge on any atom is -0.426 e. The van der Waals surface area contributed by atoms with Crippen molar-refractivity contribution in [2.75, 3.05) is 0 Å². The second kappa shape index (κ2) is 2.77. The number of carbonyl (C=O) groups is 1. The smallest absolute Gasteiger partial charge is 0.314 e. The van der Waals surface area contributed by atoms with Crippen LogP contribution in [-0.4, -0.2) is 5.97 Å². The first-order valence-electron chi connectivity index (χ1n) is 4.37. The average molecular weight is 164 g/mol. The van der Waals surface area contributed by atoms with E-state index in [-0.39, 0.29) is 11.9 Å². The molecule has 0 aromatic rings. The summed E-state index contributed by atoms with van der Waals surface area (Å²) < 4.78 is 5.16. The Hall–Kier alpha value is -1.05. The zero-order valence-corrected chi connectivity index (χ0v) is 7.17. The van der Waals surface area contributed by atoms with Crippen LogP contribution in [0.4, 0.5) is 0 Å². The number of allylic oxidation sites excluding steroid dienone is 3. The van der Waals surface area contributed by atoms with Gasteiger partial charge < -0.3 is 4.74 Å². The maximum absolute atomic E-state index is 11.2. The highest BCUT2D eigenvalue weighted by atomic mass is 16.5. The number of carbonyl (C=O) groups excluding carboxylic acids is 1. The van der Waals surface area contributed by atoms with Crippen molar-refractivity contribution in [3.8, 4) is 0 Å². The Morgan fingerprint density at radius 1 is 1.58 bits per heavy atom. The van der Waals surface area contributed by atoms with Crippen LogP contribution in [0.25, 0.3) is 0 Å². The minimum atomic E-state index is -0.0831. The number of rotatable bonds is 0. The Labute approximate surface area is 71.9 Å². The molecule has 0 N–H and O–H groups in total. The van der Waals surface area contributed by atoms with Crippen LogP contribution in [0.1, 0.15) is 26.2 Å². The fourth-order valence-corrected chi connectivity index (χ4v) is 1.66. The van der Waals surface area contributed by atoms with E-state index in [0.717, 1.165) is 25.0 Å². The maximum atomic E-state index is 11.2. The van der Waals surface area contributed by atoms with Crippen LogP contribution in [0, 0.1) is 5.92 Å². The first kappa shape index (κ1) is 7.59. The first-order chi connectivity index (χ1) is 5.77. The van der Waals surface area contributed by atoms with Crippen molar-refractivity contribution in [1.82, 2.24) is 0 Å². The van der Waals surface area contributed by atoms with Gasteiger partial charge in [-0.2, -0.15) is 0 Å². The van der Waals surface area contributed by atoms with Gasteiger partial charge in [0.05, 0.1) is 5.92 Å². The molecule has 0 aromatic carbocycles. The lowest BCUT2D eigenvalue weighted by atomic mass is 9.92. The molecule has 1 heterocycles. The SMILES string of the molecule is CC1CC2=C(C=CCC2)OC1=O. The average Bonchev–Trinajstić information content (AvgIpc) is 2.07. The Morgan fingerprint density at radius 2 is 2.42 bits per heavy atom. The van der Waals surface area contributed by atoms with Crippen molar-refractivity contribution in [2.24, 2.45) is 5.92 Å². The minimum absolute atomic E-state index is 0.0512. The van der Waals surface area contributed by atoms with Crippen molar-refractivity contribution >= 4 is 5.97 Å². The fourth-order valence-electron chi connectivity index (χ4n) is 1.66. The molecular weight excluding hydrogens is 152 g/mol. The summed E-state index contributed by atoms with van der Waals surface area (Å²) in [5, 5.41) is 0. The molecule has 1 aliphatic heterocycles. The van der Waals surface area contributed by atoms with Gasteiger partial charge in [0, 0.05) is 0 Å². The molecule has 2 rings (SSSR count). The van der Waals surface area contributed by atoms with Crippen molar-refractivity contribution < 1.29 is 9.53 Å². The van der Waals surface area contributed by atoms with E-state index in [1.807, 2.05) is 13.0 Å². The molecule has 1 aliphatic carbocycles. The third-order valence-electron chi connectivity index (χ3n) is 2.40. The number of hydrogen-bond donors (Lipinski definition) is 0. The molecule has 1 atom stereocenters. The molecule has 64 valence electrons. The van der Waals surface area contributed by atoms with E-state index in [2.05, 4.69) is 6.08 Å². The van der Waals surface area contributed by atoms with E-state index < -0.39 is 0 Å². The molecule has 0 radical (unpaired) electrons. The molecule has 0 saturated heterocycles. The van der Waals surface area contributed by atoms with Crippen LogP contribution in [0.15, 0.2) is 23.5 Å². The second-order valence-electron chi connectivity index (χ2n) is 3.44. The predicted octanol–water partition coefficient (Wildman–Crippen LogP) is 2.17. The Balaban J connectivity index is 2.27. The molecule has 0 amide bonds. The monoisotopic (exact) mass is 164 g/mol. The third-order valence-corrected chi connectivity index (χ3v) is 2.40. The molecule has 2 aliphatic rings. The van der Waals surface area contributed by atoms with E-state index >= 15 is 0 Å². The van der Waals surface area contributed by atoms with Crippen LogP contribution in [0.3, 0.4) is 0 Å². The van der Waals surface area contributed by atoms with Gasteiger partial charge in [0.25, 0.3) is 0 Å².